The standard InChI is InChI=1S/C52H87N7O10.C7H10F2O.C2H6/c1-6-19-60-21-23-62-25-26-63-24-22-61-20-17-57-39-46(54)40-67-32-31-65-28-27-64-29-30-66-33-34-68-48-12-14-49(15-13-48)69-50-37-45(38-50)52(55)59(43(4)53)42(3)36-47-35-41(2)58(47)18-16-51(56-5)44-10-8-7-9-11-44;8-7(9)3-1-6(5-10)2-4-7;1-2/h7-15,39,41-42,45,47,50-51,53,55-57H,6,16-38,40,54H2,1-5H3;5-6H,1-4H2;1-2H3/b46-39-,53-43?,55-52?;;. The molecule has 3 aliphatic rings. The summed E-state index contributed by atoms with van der Waals surface area (Å²) in [6.45, 7) is 22.6. The van der Waals surface area contributed by atoms with Crippen LogP contribution in [0.1, 0.15) is 117 Å². The van der Waals surface area contributed by atoms with Gasteiger partial charge in [-0.25, -0.2) is 8.78 Å². The Morgan fingerprint density at radius 1 is 0.765 bits per heavy atom. The number of nitrogens with zero attached hydrogens (tertiary/aromatic N) is 2. The van der Waals surface area contributed by atoms with Gasteiger partial charge in [0.2, 0.25) is 5.92 Å². The normalized spacial score (nSPS) is 19.5. The lowest BCUT2D eigenvalue weighted by Crippen LogP contribution is -2.58. The molecule has 2 aliphatic carbocycles. The Balaban J connectivity index is 0.00000128. The second kappa shape index (κ2) is 43.3. The predicted molar refractivity (Wildman–Crippen MR) is 315 cm³/mol. The zero-order valence-electron chi connectivity index (χ0n) is 50.1. The van der Waals surface area contributed by atoms with Crippen LogP contribution >= 0.6 is 0 Å². The summed E-state index contributed by atoms with van der Waals surface area (Å²) in [4.78, 5) is 14.7. The second-order valence-electron chi connectivity index (χ2n) is 20.5. The van der Waals surface area contributed by atoms with E-state index in [1.165, 1.54) is 5.56 Å². The summed E-state index contributed by atoms with van der Waals surface area (Å²) in [5.41, 5.74) is 7.90. The molecule has 1 saturated heterocycles. The average Bonchev–Trinajstić information content (AvgIpc) is 3.51. The van der Waals surface area contributed by atoms with Crippen molar-refractivity contribution < 1.29 is 60.9 Å². The molecule has 5 rings (SSSR count). The maximum absolute atomic E-state index is 12.4. The van der Waals surface area contributed by atoms with Crippen molar-refractivity contribution in [3.8, 4) is 11.5 Å². The molecule has 81 heavy (non-hydrogen) atoms. The van der Waals surface area contributed by atoms with Crippen molar-refractivity contribution >= 4 is 18.0 Å². The van der Waals surface area contributed by atoms with Gasteiger partial charge in [0.1, 0.15) is 36.3 Å². The Morgan fingerprint density at radius 3 is 1.80 bits per heavy atom. The maximum atomic E-state index is 12.4. The third kappa shape index (κ3) is 30.2. The summed E-state index contributed by atoms with van der Waals surface area (Å²) < 4.78 is 81.1. The van der Waals surface area contributed by atoms with Crippen molar-refractivity contribution in [2.75, 3.05) is 132 Å². The highest BCUT2D eigenvalue weighted by Crippen LogP contribution is 2.37. The van der Waals surface area contributed by atoms with Gasteiger partial charge in [-0.15, -0.1) is 0 Å². The van der Waals surface area contributed by atoms with Crippen molar-refractivity contribution in [2.24, 2.45) is 17.6 Å². The Hall–Kier alpha value is -4.35. The fourth-order valence-corrected chi connectivity index (χ4v) is 9.65. The fraction of sp³-hybridized carbons (Fsp3) is 0.721. The third-order valence-electron chi connectivity index (χ3n) is 14.1. The first-order valence-corrected chi connectivity index (χ1v) is 29.8. The topological polar surface area (TPSA) is 214 Å². The molecule has 0 amide bonds. The van der Waals surface area contributed by atoms with E-state index >= 15 is 0 Å². The van der Waals surface area contributed by atoms with Crippen LogP contribution in [0.3, 0.4) is 0 Å². The molecule has 20 heteroatoms. The molecule has 2 aromatic rings. The van der Waals surface area contributed by atoms with E-state index in [0.717, 1.165) is 69.5 Å². The highest BCUT2D eigenvalue weighted by Gasteiger charge is 2.41. The lowest BCUT2D eigenvalue weighted by atomic mass is 9.80. The first-order valence-electron chi connectivity index (χ1n) is 29.8. The number of alkyl halides is 2. The number of hydrogen-bond acceptors (Lipinski definition) is 17. The van der Waals surface area contributed by atoms with Crippen molar-refractivity contribution in [1.82, 2.24) is 20.4 Å². The maximum Gasteiger partial charge on any atom is 0.248 e. The number of rotatable bonds is 42. The van der Waals surface area contributed by atoms with Crippen molar-refractivity contribution in [3.63, 3.8) is 0 Å². The number of hydrogen-bond donors (Lipinski definition) is 5. The SMILES string of the molecule is CC.CCCOCCOCCOCCOCCN/C=C(\N)COCCOCCOCCOCCOc1ccc(OC2CC(C(=N)N(C(C)=N)C(C)CC3CC(C)N3CCC(NC)c3ccccc3)C2)cc1.O=CC1CCC(F)(F)CC1. The zero-order valence-corrected chi connectivity index (χ0v) is 50.1. The lowest BCUT2D eigenvalue weighted by molar-refractivity contribution is -0.115. The Bertz CT molecular complexity index is 1950. The third-order valence-corrected chi connectivity index (χ3v) is 14.1. The number of benzene rings is 2. The molecule has 0 radical (unpaired) electrons. The number of aldehydes is 1. The van der Waals surface area contributed by atoms with Gasteiger partial charge in [-0.2, -0.15) is 0 Å². The van der Waals surface area contributed by atoms with Gasteiger partial charge in [-0.3, -0.25) is 15.7 Å². The molecule has 0 aromatic heterocycles. The number of likely N-dealkylation sites (tertiary alicyclic amines) is 1. The highest BCUT2D eigenvalue weighted by atomic mass is 19.3. The quantitative estimate of drug-likeness (QED) is 0.0182. The Kier molecular flexibility index (Phi) is 37.9. The summed E-state index contributed by atoms with van der Waals surface area (Å²) in [5, 5.41) is 24.3. The minimum Gasteiger partial charge on any atom is -0.491 e. The fourth-order valence-electron chi connectivity index (χ4n) is 9.65. The first kappa shape index (κ1) is 70.9. The molecule has 4 atom stereocenters. The molecule has 462 valence electrons. The average molecular weight is 1150 g/mol. The minimum absolute atomic E-state index is 0.0447. The van der Waals surface area contributed by atoms with E-state index in [1.807, 2.05) is 57.0 Å². The predicted octanol–water partition coefficient (Wildman–Crippen LogP) is 9.06. The number of nitrogens with two attached hydrogens (primary N) is 1. The molecule has 3 fully saturated rings. The number of carbonyl (C=O) groups excluding carboxylic acids is 1. The molecule has 18 nitrogen and oxygen atoms in total. The van der Waals surface area contributed by atoms with Crippen LogP contribution in [0.15, 0.2) is 66.5 Å². The first-order chi connectivity index (χ1) is 39.3. The van der Waals surface area contributed by atoms with Crippen molar-refractivity contribution in [1.29, 1.82) is 10.8 Å². The van der Waals surface area contributed by atoms with Gasteiger partial charge in [0.05, 0.1) is 111 Å². The lowest BCUT2D eigenvalue weighted by Gasteiger charge is -2.50. The number of nitrogens with one attached hydrogen (secondary N) is 4. The van der Waals surface area contributed by atoms with E-state index < -0.39 is 5.92 Å². The largest absolute Gasteiger partial charge is 0.491 e. The molecule has 2 saturated carbocycles. The van der Waals surface area contributed by atoms with Crippen LogP contribution in [0.25, 0.3) is 0 Å². The summed E-state index contributed by atoms with van der Waals surface area (Å²) >= 11 is 0. The molecule has 1 heterocycles. The van der Waals surface area contributed by atoms with Gasteiger partial charge in [0.25, 0.3) is 0 Å². The highest BCUT2D eigenvalue weighted by molar-refractivity contribution is 5.98. The number of halogens is 2. The molecule has 0 spiro atoms. The summed E-state index contributed by atoms with van der Waals surface area (Å²) in [6, 6.07) is 19.7. The molecule has 2 aromatic carbocycles. The zero-order chi connectivity index (χ0) is 58.9. The number of carbonyl (C=O) groups is 1. The monoisotopic (exact) mass is 1150 g/mol. The van der Waals surface area contributed by atoms with E-state index in [-0.39, 0.29) is 36.8 Å². The molecular formula is C61H103F2N7O11. The van der Waals surface area contributed by atoms with Crippen LogP contribution in [0.4, 0.5) is 8.78 Å². The Labute approximate surface area is 484 Å². The molecular weight excluding hydrogens is 1040 g/mol. The minimum atomic E-state index is -2.50. The summed E-state index contributed by atoms with van der Waals surface area (Å²) in [6.07, 6.45) is 8.74. The van der Waals surface area contributed by atoms with Gasteiger partial charge in [-0.1, -0.05) is 51.1 Å². The second-order valence-corrected chi connectivity index (χ2v) is 20.5. The molecule has 4 unspecified atom stereocenters. The van der Waals surface area contributed by atoms with Crippen LogP contribution in [0.5, 0.6) is 11.5 Å². The van der Waals surface area contributed by atoms with Crippen molar-refractivity contribution in [2.45, 2.75) is 142 Å². The van der Waals surface area contributed by atoms with Crippen molar-refractivity contribution in [3.05, 3.63) is 72.1 Å². The molecule has 6 N–H and O–H groups in total. The van der Waals surface area contributed by atoms with Crippen LogP contribution in [0.2, 0.25) is 0 Å². The van der Waals surface area contributed by atoms with E-state index in [0.29, 0.717) is 161 Å². The van der Waals surface area contributed by atoms with Crippen LogP contribution in [-0.4, -0.2) is 190 Å². The van der Waals surface area contributed by atoms with Crippen LogP contribution in [0, 0.1) is 22.7 Å². The smallest absolute Gasteiger partial charge is 0.248 e. The summed E-state index contributed by atoms with van der Waals surface area (Å²) in [7, 11) is 2.04. The van der Waals surface area contributed by atoms with Crippen LogP contribution < -0.4 is 25.8 Å². The van der Waals surface area contributed by atoms with Crippen LogP contribution in [-0.2, 0) is 42.7 Å². The van der Waals surface area contributed by atoms with E-state index in [2.05, 4.69) is 66.6 Å². The van der Waals surface area contributed by atoms with E-state index in [4.69, 9.17) is 63.9 Å². The number of amidine groups is 2. The van der Waals surface area contributed by atoms with E-state index in [9.17, 15) is 13.6 Å². The number of ether oxygens (including phenoxy) is 10. The van der Waals surface area contributed by atoms with Gasteiger partial charge >= 0.3 is 0 Å². The van der Waals surface area contributed by atoms with Gasteiger partial charge in [0.15, 0.2) is 0 Å². The van der Waals surface area contributed by atoms with Gasteiger partial charge in [-0.05, 0) is 109 Å². The molecule has 0 bridgehead atoms. The Morgan fingerprint density at radius 2 is 1.28 bits per heavy atom. The molecule has 1 aliphatic heterocycles. The van der Waals surface area contributed by atoms with Gasteiger partial charge < -0.3 is 73.4 Å². The van der Waals surface area contributed by atoms with Gasteiger partial charge in [0, 0.05) is 74.7 Å². The summed E-state index contributed by atoms with van der Waals surface area (Å²) in [5.74, 6) is -0.0246. The van der Waals surface area contributed by atoms with E-state index in [1.54, 1.807) is 6.20 Å².